The van der Waals surface area contributed by atoms with Gasteiger partial charge >= 0.3 is 0 Å². The average Bonchev–Trinajstić information content (AvgIpc) is 1.16. The molecule has 0 saturated heterocycles. The molecule has 0 heterocycles. The maximum absolute atomic E-state index is 2.36. The molecular weight excluding hydrogens is 112 g/mol. The van der Waals surface area contributed by atoms with Gasteiger partial charge in [0.2, 0.25) is 0 Å². The maximum Gasteiger partial charge on any atom is 0.0775 e. The third kappa shape index (κ3) is 0.919. The van der Waals surface area contributed by atoms with Crippen LogP contribution in [0.25, 0.3) is 0 Å². The van der Waals surface area contributed by atoms with Gasteiger partial charge in [0.25, 0.3) is 0 Å². The number of hydrogen-bond acceptors (Lipinski definition) is 0. The van der Waals surface area contributed by atoms with Gasteiger partial charge in [-0.2, -0.15) is 0 Å². The lowest BCUT2D eigenvalue weighted by molar-refractivity contribution is 1.59. The van der Waals surface area contributed by atoms with Gasteiger partial charge in [-0.25, -0.2) is 0 Å². The van der Waals surface area contributed by atoms with Gasteiger partial charge in [0.05, 0.1) is 8.07 Å². The molecule has 1 aliphatic carbocycles. The van der Waals surface area contributed by atoms with E-state index in [0.29, 0.717) is 0 Å². The monoisotopic (exact) mass is 124 g/mol. The maximum atomic E-state index is 2.36. The highest BCUT2D eigenvalue weighted by Crippen LogP contribution is 2.20. The number of allylic oxidation sites excluding steroid dienone is 4. The standard InChI is InChI=1S/C7H12Si/c1-8(2,3)7-5-4-6-7/h4-6H,1-3H3. The summed E-state index contributed by atoms with van der Waals surface area (Å²) in [4.78, 5) is 0. The third-order valence-corrected chi connectivity index (χ3v) is 3.48. The first kappa shape index (κ1) is 5.83. The van der Waals surface area contributed by atoms with Crippen LogP contribution >= 0.6 is 0 Å². The van der Waals surface area contributed by atoms with Crippen molar-refractivity contribution in [2.75, 3.05) is 0 Å². The van der Waals surface area contributed by atoms with Crippen LogP contribution in [-0.4, -0.2) is 8.07 Å². The van der Waals surface area contributed by atoms with Crippen LogP contribution in [0.2, 0.25) is 19.6 Å². The molecule has 0 aromatic carbocycles. The number of hydrogen-bond donors (Lipinski definition) is 0. The van der Waals surface area contributed by atoms with Crippen molar-refractivity contribution in [3.63, 3.8) is 0 Å². The molecule has 44 valence electrons. The Balaban J connectivity index is 2.61. The van der Waals surface area contributed by atoms with Crippen molar-refractivity contribution in [2.24, 2.45) is 0 Å². The van der Waals surface area contributed by atoms with Gasteiger partial charge in [-0.05, 0) is 0 Å². The van der Waals surface area contributed by atoms with E-state index in [0.717, 1.165) is 0 Å². The van der Waals surface area contributed by atoms with E-state index in [-0.39, 0.29) is 0 Å². The summed E-state index contributed by atoms with van der Waals surface area (Å²) in [6.45, 7) is 7.09. The molecule has 0 saturated carbocycles. The Morgan fingerprint density at radius 3 is 1.75 bits per heavy atom. The highest BCUT2D eigenvalue weighted by molar-refractivity contribution is 6.84. The van der Waals surface area contributed by atoms with Crippen LogP contribution in [0, 0.1) is 0 Å². The molecular formula is C7H12Si. The van der Waals surface area contributed by atoms with Gasteiger partial charge in [-0.1, -0.05) is 43.1 Å². The highest BCUT2D eigenvalue weighted by atomic mass is 28.3. The van der Waals surface area contributed by atoms with Crippen molar-refractivity contribution < 1.29 is 0 Å². The highest BCUT2D eigenvalue weighted by Gasteiger charge is 2.18. The molecule has 8 heavy (non-hydrogen) atoms. The fourth-order valence-electron chi connectivity index (χ4n) is 0.692. The van der Waals surface area contributed by atoms with Crippen LogP contribution in [0.4, 0.5) is 0 Å². The van der Waals surface area contributed by atoms with Crippen LogP contribution in [0.5, 0.6) is 0 Å². The summed E-state index contributed by atoms with van der Waals surface area (Å²) >= 11 is 0. The van der Waals surface area contributed by atoms with E-state index < -0.39 is 8.07 Å². The summed E-state index contributed by atoms with van der Waals surface area (Å²) in [5.74, 6) is 0. The van der Waals surface area contributed by atoms with Crippen molar-refractivity contribution in [3.8, 4) is 0 Å². The normalized spacial score (nSPS) is 17.6. The predicted octanol–water partition coefficient (Wildman–Crippen LogP) is 2.36. The molecule has 1 heteroatoms. The van der Waals surface area contributed by atoms with Crippen LogP contribution < -0.4 is 0 Å². The van der Waals surface area contributed by atoms with Crippen molar-refractivity contribution >= 4 is 8.07 Å². The second kappa shape index (κ2) is 1.59. The van der Waals surface area contributed by atoms with E-state index in [9.17, 15) is 0 Å². The van der Waals surface area contributed by atoms with E-state index >= 15 is 0 Å². The Morgan fingerprint density at radius 1 is 1.25 bits per heavy atom. The fraction of sp³-hybridized carbons (Fsp3) is 0.429. The molecule has 0 spiro atoms. The molecule has 1 rings (SSSR count). The van der Waals surface area contributed by atoms with Crippen molar-refractivity contribution in [1.82, 2.24) is 0 Å². The average molecular weight is 124 g/mol. The quantitative estimate of drug-likeness (QED) is 0.471. The SMILES string of the molecule is C[Si](C)(C)C1=CC=C1. The molecule has 0 atom stereocenters. The molecule has 0 aliphatic heterocycles. The zero-order chi connectivity index (χ0) is 6.20. The van der Waals surface area contributed by atoms with Crippen LogP contribution in [0.15, 0.2) is 23.4 Å². The van der Waals surface area contributed by atoms with Gasteiger partial charge in [-0.15, -0.1) is 0 Å². The Morgan fingerprint density at radius 2 is 1.75 bits per heavy atom. The minimum Gasteiger partial charge on any atom is -0.0656 e. The van der Waals surface area contributed by atoms with Gasteiger partial charge in [0, 0.05) is 0 Å². The largest absolute Gasteiger partial charge is 0.0775 e. The van der Waals surface area contributed by atoms with Gasteiger partial charge in [-0.3, -0.25) is 0 Å². The molecule has 0 radical (unpaired) electrons. The summed E-state index contributed by atoms with van der Waals surface area (Å²) in [6.07, 6.45) is 6.58. The summed E-state index contributed by atoms with van der Waals surface area (Å²) in [5.41, 5.74) is 0. The second-order valence-electron chi connectivity index (χ2n) is 3.23. The minimum atomic E-state index is -0.899. The lowest BCUT2D eigenvalue weighted by Crippen LogP contribution is -2.24. The van der Waals surface area contributed by atoms with Crippen LogP contribution in [-0.2, 0) is 0 Å². The number of rotatable bonds is 1. The smallest absolute Gasteiger partial charge is 0.0656 e. The van der Waals surface area contributed by atoms with E-state index in [1.165, 1.54) is 0 Å². The van der Waals surface area contributed by atoms with E-state index in [1.54, 1.807) is 5.20 Å². The molecule has 1 aliphatic rings. The van der Waals surface area contributed by atoms with E-state index in [2.05, 4.69) is 37.9 Å². The Bertz CT molecular complexity index is 146. The molecule has 0 nitrogen and oxygen atoms in total. The van der Waals surface area contributed by atoms with Crippen LogP contribution in [0.3, 0.4) is 0 Å². The zero-order valence-electron chi connectivity index (χ0n) is 5.73. The van der Waals surface area contributed by atoms with Crippen molar-refractivity contribution in [2.45, 2.75) is 19.6 Å². The summed E-state index contributed by atoms with van der Waals surface area (Å²) < 4.78 is 0. The van der Waals surface area contributed by atoms with E-state index in [4.69, 9.17) is 0 Å². The Kier molecular flexibility index (Phi) is 1.16. The van der Waals surface area contributed by atoms with Gasteiger partial charge in [0.15, 0.2) is 0 Å². The first-order valence-corrected chi connectivity index (χ1v) is 6.49. The molecule has 0 unspecified atom stereocenters. The molecule has 0 N–H and O–H groups in total. The van der Waals surface area contributed by atoms with Crippen LogP contribution in [0.1, 0.15) is 0 Å². The van der Waals surface area contributed by atoms with Crippen molar-refractivity contribution in [1.29, 1.82) is 0 Å². The third-order valence-electron chi connectivity index (χ3n) is 1.42. The molecule has 0 aromatic heterocycles. The fourth-order valence-corrected chi connectivity index (χ4v) is 1.88. The first-order chi connectivity index (χ1) is 3.61. The summed E-state index contributed by atoms with van der Waals surface area (Å²) in [6, 6.07) is 0. The minimum absolute atomic E-state index is 0.899. The first-order valence-electron chi connectivity index (χ1n) is 2.99. The second-order valence-corrected chi connectivity index (χ2v) is 8.31. The molecule has 0 aromatic rings. The zero-order valence-corrected chi connectivity index (χ0v) is 6.73. The predicted molar refractivity (Wildman–Crippen MR) is 40.6 cm³/mol. The lowest BCUT2D eigenvalue weighted by atomic mass is 10.3. The molecule has 0 fully saturated rings. The topological polar surface area (TPSA) is 0 Å². The van der Waals surface area contributed by atoms with Crippen molar-refractivity contribution in [3.05, 3.63) is 23.4 Å². The summed E-state index contributed by atoms with van der Waals surface area (Å²) in [7, 11) is -0.899. The summed E-state index contributed by atoms with van der Waals surface area (Å²) in [5, 5.41) is 1.59. The van der Waals surface area contributed by atoms with Gasteiger partial charge in [0.1, 0.15) is 0 Å². The van der Waals surface area contributed by atoms with Gasteiger partial charge < -0.3 is 0 Å². The molecule has 0 bridgehead atoms. The Hall–Kier alpha value is -0.303. The Labute approximate surface area is 51.9 Å². The lowest BCUT2D eigenvalue weighted by Gasteiger charge is -2.20. The van der Waals surface area contributed by atoms with E-state index in [1.807, 2.05) is 0 Å². The molecule has 0 amide bonds.